The van der Waals surface area contributed by atoms with Gasteiger partial charge in [-0.15, -0.1) is 0 Å². The van der Waals surface area contributed by atoms with Gasteiger partial charge in [-0.1, -0.05) is 48.5 Å². The van der Waals surface area contributed by atoms with Gasteiger partial charge < -0.3 is 9.64 Å². The van der Waals surface area contributed by atoms with Crippen LogP contribution in [-0.4, -0.2) is 34.5 Å². The number of rotatable bonds is 5. The van der Waals surface area contributed by atoms with E-state index in [2.05, 4.69) is 0 Å². The molecular weight excluding hydrogens is 380 g/mol. The second kappa shape index (κ2) is 7.80. The van der Waals surface area contributed by atoms with E-state index in [1.54, 1.807) is 12.4 Å². The third-order valence-electron chi connectivity index (χ3n) is 6.01. The van der Waals surface area contributed by atoms with Crippen LogP contribution in [0.4, 0.5) is 0 Å². The minimum atomic E-state index is -0.724. The summed E-state index contributed by atoms with van der Waals surface area (Å²) < 4.78 is 6.10. The maximum absolute atomic E-state index is 13.0. The van der Waals surface area contributed by atoms with Crippen molar-refractivity contribution in [3.63, 3.8) is 0 Å². The van der Waals surface area contributed by atoms with E-state index in [1.807, 2.05) is 73.7 Å². The van der Waals surface area contributed by atoms with Gasteiger partial charge in [-0.05, 0) is 49.4 Å². The van der Waals surface area contributed by atoms with Gasteiger partial charge in [0.15, 0.2) is 0 Å². The van der Waals surface area contributed by atoms with E-state index in [0.717, 1.165) is 22.1 Å². The Labute approximate surface area is 175 Å². The minimum Gasteiger partial charge on any atom is -0.457 e. The summed E-state index contributed by atoms with van der Waals surface area (Å²) in [5.41, 5.74) is 1.78. The van der Waals surface area contributed by atoms with E-state index in [9.17, 15) is 9.59 Å². The molecule has 154 valence electrons. The van der Waals surface area contributed by atoms with Crippen LogP contribution in [0.25, 0.3) is 10.8 Å². The molecule has 0 spiro atoms. The molecule has 1 aliphatic rings. The lowest BCUT2D eigenvalue weighted by atomic mass is 9.81. The summed E-state index contributed by atoms with van der Waals surface area (Å²) in [6.07, 6.45) is 0.596. The van der Waals surface area contributed by atoms with Gasteiger partial charge in [-0.3, -0.25) is 14.8 Å². The van der Waals surface area contributed by atoms with Crippen LogP contribution in [0.5, 0.6) is 11.5 Å². The van der Waals surface area contributed by atoms with Crippen molar-refractivity contribution >= 4 is 22.6 Å². The number of benzene rings is 3. The fraction of sp³-hybridized carbons (Fsp3) is 0.250. The van der Waals surface area contributed by atoms with Crippen molar-refractivity contribution in [1.82, 2.24) is 10.4 Å². The van der Waals surface area contributed by atoms with Crippen molar-refractivity contribution in [3.8, 4) is 11.5 Å². The Morgan fingerprint density at radius 3 is 2.53 bits per heavy atom. The molecule has 30 heavy (non-hydrogen) atoms. The molecule has 4 rings (SSSR count). The first-order valence-corrected chi connectivity index (χ1v) is 9.95. The Balaban J connectivity index is 1.55. The molecule has 0 aliphatic carbocycles. The van der Waals surface area contributed by atoms with E-state index < -0.39 is 17.4 Å². The fourth-order valence-electron chi connectivity index (χ4n) is 4.04. The van der Waals surface area contributed by atoms with Crippen molar-refractivity contribution in [1.29, 1.82) is 0 Å². The van der Waals surface area contributed by atoms with Crippen molar-refractivity contribution in [2.24, 2.45) is 0 Å². The van der Waals surface area contributed by atoms with Crippen LogP contribution in [0.1, 0.15) is 25.8 Å². The van der Waals surface area contributed by atoms with Crippen molar-refractivity contribution in [3.05, 3.63) is 72.3 Å². The maximum atomic E-state index is 13.0. The fourth-order valence-corrected chi connectivity index (χ4v) is 4.04. The third-order valence-corrected chi connectivity index (χ3v) is 6.01. The molecule has 1 heterocycles. The number of amides is 2. The second-order valence-electron chi connectivity index (χ2n) is 7.84. The first-order valence-electron chi connectivity index (χ1n) is 9.95. The van der Waals surface area contributed by atoms with Crippen LogP contribution in [0.15, 0.2) is 66.7 Å². The van der Waals surface area contributed by atoms with Crippen LogP contribution in [0.3, 0.4) is 0 Å². The summed E-state index contributed by atoms with van der Waals surface area (Å²) >= 11 is 0. The smallest absolute Gasteiger partial charge is 0.265 e. The highest BCUT2D eigenvalue weighted by Gasteiger charge is 2.46. The summed E-state index contributed by atoms with van der Waals surface area (Å²) in [5, 5.41) is 11.0. The Morgan fingerprint density at radius 2 is 1.80 bits per heavy atom. The first-order chi connectivity index (χ1) is 14.4. The van der Waals surface area contributed by atoms with E-state index in [0.29, 0.717) is 18.7 Å². The van der Waals surface area contributed by atoms with Gasteiger partial charge >= 0.3 is 0 Å². The van der Waals surface area contributed by atoms with Gasteiger partial charge in [0, 0.05) is 11.9 Å². The molecule has 0 radical (unpaired) electrons. The molecule has 6 heteroatoms. The number of likely N-dealkylation sites (tertiary alicyclic amines) is 1. The second-order valence-corrected chi connectivity index (χ2v) is 7.84. The predicted molar refractivity (Wildman–Crippen MR) is 114 cm³/mol. The van der Waals surface area contributed by atoms with Gasteiger partial charge in [0.2, 0.25) is 5.91 Å². The monoisotopic (exact) mass is 404 g/mol. The number of hydrogen-bond donors (Lipinski definition) is 2. The number of nitrogens with zero attached hydrogens (tertiary/aromatic N) is 1. The Bertz CT molecular complexity index is 1090. The van der Waals surface area contributed by atoms with Gasteiger partial charge in [0.25, 0.3) is 5.91 Å². The Hall–Kier alpha value is -3.38. The molecule has 0 saturated carbocycles. The average Bonchev–Trinajstić information content (AvgIpc) is 3.09. The molecule has 3 aromatic rings. The summed E-state index contributed by atoms with van der Waals surface area (Å²) in [6, 6.07) is 20.8. The molecule has 0 aromatic heterocycles. The van der Waals surface area contributed by atoms with E-state index in [-0.39, 0.29) is 5.91 Å². The van der Waals surface area contributed by atoms with Crippen LogP contribution >= 0.6 is 0 Å². The Kier molecular flexibility index (Phi) is 5.18. The van der Waals surface area contributed by atoms with Crippen molar-refractivity contribution in [2.45, 2.75) is 31.7 Å². The van der Waals surface area contributed by atoms with E-state index in [4.69, 9.17) is 9.94 Å². The molecular formula is C24H24N2O4. The van der Waals surface area contributed by atoms with Crippen LogP contribution < -0.4 is 10.2 Å². The van der Waals surface area contributed by atoms with Crippen molar-refractivity contribution in [2.75, 3.05) is 6.54 Å². The number of carbonyl (C=O) groups excluding carboxylic acids is 2. The summed E-state index contributed by atoms with van der Waals surface area (Å²) in [6.45, 7) is 3.95. The molecule has 2 atom stereocenters. The van der Waals surface area contributed by atoms with E-state index in [1.165, 1.54) is 4.90 Å². The standard InChI is InChI=1S/C24H24N2O4/c1-16(22(27)25-29)26-15-14-24(2,23(26)28)18-10-12-19(13-11-18)30-21-9-5-7-17-6-3-4-8-20(17)21/h3-13,16,29H,14-15H2,1-2H3,(H,25,27). The SMILES string of the molecule is CC(C(=O)NO)N1CCC(C)(c2ccc(Oc3cccc4ccccc34)cc2)C1=O. The highest BCUT2D eigenvalue weighted by atomic mass is 16.5. The normalized spacial score (nSPS) is 19.7. The van der Waals surface area contributed by atoms with Gasteiger partial charge in [-0.2, -0.15) is 0 Å². The first kappa shape index (κ1) is 19.9. The van der Waals surface area contributed by atoms with Crippen LogP contribution in [0, 0.1) is 0 Å². The minimum absolute atomic E-state index is 0.124. The molecule has 1 fully saturated rings. The quantitative estimate of drug-likeness (QED) is 0.497. The number of ether oxygens (including phenoxy) is 1. The lowest BCUT2D eigenvalue weighted by Crippen LogP contribution is -2.47. The average molecular weight is 404 g/mol. The summed E-state index contributed by atoms with van der Waals surface area (Å²) in [5.74, 6) is 0.751. The molecule has 1 saturated heterocycles. The lowest BCUT2D eigenvalue weighted by Gasteiger charge is -2.27. The van der Waals surface area contributed by atoms with Crippen LogP contribution in [0.2, 0.25) is 0 Å². The zero-order valence-corrected chi connectivity index (χ0v) is 17.0. The lowest BCUT2D eigenvalue weighted by molar-refractivity contribution is -0.143. The molecule has 2 unspecified atom stereocenters. The number of hydroxylamine groups is 1. The topological polar surface area (TPSA) is 78.9 Å². The summed E-state index contributed by atoms with van der Waals surface area (Å²) in [7, 11) is 0. The zero-order valence-electron chi connectivity index (χ0n) is 17.0. The van der Waals surface area contributed by atoms with Crippen LogP contribution in [-0.2, 0) is 15.0 Å². The largest absolute Gasteiger partial charge is 0.457 e. The number of hydrogen-bond acceptors (Lipinski definition) is 4. The molecule has 3 aromatic carbocycles. The third kappa shape index (κ3) is 3.39. The van der Waals surface area contributed by atoms with Gasteiger partial charge in [-0.25, -0.2) is 5.48 Å². The molecule has 2 N–H and O–H groups in total. The predicted octanol–water partition coefficient (Wildman–Crippen LogP) is 4.02. The van der Waals surface area contributed by atoms with Gasteiger partial charge in [0.1, 0.15) is 17.5 Å². The summed E-state index contributed by atoms with van der Waals surface area (Å²) in [4.78, 5) is 26.3. The molecule has 0 bridgehead atoms. The molecule has 2 amide bonds. The zero-order chi connectivity index (χ0) is 21.3. The van der Waals surface area contributed by atoms with E-state index >= 15 is 0 Å². The maximum Gasteiger partial charge on any atom is 0.265 e. The highest BCUT2D eigenvalue weighted by molar-refractivity contribution is 5.94. The molecule has 1 aliphatic heterocycles. The van der Waals surface area contributed by atoms with Gasteiger partial charge in [0.05, 0.1) is 5.41 Å². The molecule has 6 nitrogen and oxygen atoms in total. The van der Waals surface area contributed by atoms with Crippen molar-refractivity contribution < 1.29 is 19.5 Å². The number of fused-ring (bicyclic) bond motifs is 1. The number of carbonyl (C=O) groups is 2. The Morgan fingerprint density at radius 1 is 1.10 bits per heavy atom. The highest BCUT2D eigenvalue weighted by Crippen LogP contribution is 2.38. The number of nitrogens with one attached hydrogen (secondary N) is 1.